The van der Waals surface area contributed by atoms with Crippen LogP contribution in [-0.2, 0) is 11.3 Å². The Bertz CT molecular complexity index is 489. The lowest BCUT2D eigenvalue weighted by Crippen LogP contribution is -2.56. The van der Waals surface area contributed by atoms with Gasteiger partial charge in [0.05, 0.1) is 4.47 Å². The van der Waals surface area contributed by atoms with Crippen molar-refractivity contribution in [2.75, 3.05) is 0 Å². The van der Waals surface area contributed by atoms with Gasteiger partial charge in [0.25, 0.3) is 0 Å². The highest BCUT2D eigenvalue weighted by molar-refractivity contribution is 9.10. The van der Waals surface area contributed by atoms with Crippen molar-refractivity contribution < 1.29 is 18.7 Å². The van der Waals surface area contributed by atoms with Gasteiger partial charge in [0.2, 0.25) is 0 Å². The molecule has 0 unspecified atom stereocenters. The fourth-order valence-corrected chi connectivity index (χ4v) is 2.36. The summed E-state index contributed by atoms with van der Waals surface area (Å²) in [5, 5.41) is 11.9. The topological polar surface area (TPSA) is 49.3 Å². The molecule has 0 radical (unpaired) electrons. The minimum atomic E-state index is -1.03. The zero-order valence-electron chi connectivity index (χ0n) is 9.47. The molecule has 0 amide bonds. The Hall–Kier alpha value is -1.01. The summed E-state index contributed by atoms with van der Waals surface area (Å²) in [6.07, 6.45) is 1.78. The maximum absolute atomic E-state index is 13.7. The Morgan fingerprint density at radius 1 is 1.44 bits per heavy atom. The Labute approximate surface area is 111 Å². The first-order valence-corrected chi connectivity index (χ1v) is 6.36. The smallest absolute Gasteiger partial charge is 0.323 e. The number of aliphatic carboxylic acids is 1. The molecule has 2 rings (SSSR count). The van der Waals surface area contributed by atoms with Crippen molar-refractivity contribution in [3.8, 4) is 0 Å². The Morgan fingerprint density at radius 2 is 2.11 bits per heavy atom. The first kappa shape index (κ1) is 13.4. The number of nitrogens with one attached hydrogen (secondary N) is 1. The van der Waals surface area contributed by atoms with Crippen molar-refractivity contribution in [1.82, 2.24) is 5.32 Å². The van der Waals surface area contributed by atoms with Crippen LogP contribution in [0, 0.1) is 11.6 Å². The first-order valence-electron chi connectivity index (χ1n) is 5.57. The molecule has 1 aliphatic carbocycles. The van der Waals surface area contributed by atoms with Crippen molar-refractivity contribution in [2.45, 2.75) is 31.3 Å². The van der Waals surface area contributed by atoms with Crippen LogP contribution < -0.4 is 5.32 Å². The number of carbonyl (C=O) groups is 1. The van der Waals surface area contributed by atoms with Gasteiger partial charge in [-0.3, -0.25) is 10.1 Å². The summed E-state index contributed by atoms with van der Waals surface area (Å²) in [4.78, 5) is 11.1. The molecule has 1 aromatic carbocycles. The maximum Gasteiger partial charge on any atom is 0.323 e. The standard InChI is InChI=1S/C12H12BrF2NO2/c13-8-2-3-9(14)7(10(8)15)6-16-12(11(17)18)4-1-5-12/h2-3,16H,1,4-6H2,(H,17,18). The van der Waals surface area contributed by atoms with Gasteiger partial charge >= 0.3 is 5.97 Å². The van der Waals surface area contributed by atoms with E-state index < -0.39 is 23.1 Å². The Balaban J connectivity index is 2.16. The molecule has 0 spiro atoms. The molecule has 1 aliphatic rings. The van der Waals surface area contributed by atoms with E-state index in [9.17, 15) is 13.6 Å². The fourth-order valence-electron chi connectivity index (χ4n) is 1.99. The van der Waals surface area contributed by atoms with E-state index in [0.717, 1.165) is 12.5 Å². The van der Waals surface area contributed by atoms with Gasteiger partial charge in [-0.1, -0.05) is 0 Å². The quantitative estimate of drug-likeness (QED) is 0.839. The molecular formula is C12H12BrF2NO2. The number of carboxylic acids is 1. The normalized spacial score (nSPS) is 17.3. The minimum Gasteiger partial charge on any atom is -0.480 e. The molecule has 0 atom stereocenters. The molecule has 1 fully saturated rings. The van der Waals surface area contributed by atoms with Gasteiger partial charge in [-0.2, -0.15) is 0 Å². The number of hydrogen-bond donors (Lipinski definition) is 2. The van der Waals surface area contributed by atoms with Gasteiger partial charge in [-0.25, -0.2) is 8.78 Å². The molecule has 98 valence electrons. The van der Waals surface area contributed by atoms with Crippen LogP contribution in [0.5, 0.6) is 0 Å². The lowest BCUT2D eigenvalue weighted by Gasteiger charge is -2.38. The minimum absolute atomic E-state index is 0.136. The number of halogens is 3. The predicted octanol–water partition coefficient (Wildman–Crippen LogP) is 2.82. The molecule has 1 saturated carbocycles. The first-order chi connectivity index (χ1) is 8.46. The van der Waals surface area contributed by atoms with Crippen molar-refractivity contribution in [2.24, 2.45) is 0 Å². The summed E-state index contributed by atoms with van der Waals surface area (Å²) in [6.45, 7) is -0.136. The third kappa shape index (κ3) is 2.27. The van der Waals surface area contributed by atoms with E-state index in [2.05, 4.69) is 21.2 Å². The molecule has 0 saturated heterocycles. The predicted molar refractivity (Wildman–Crippen MR) is 65.1 cm³/mol. The van der Waals surface area contributed by atoms with E-state index in [1.165, 1.54) is 6.07 Å². The lowest BCUT2D eigenvalue weighted by atomic mass is 9.76. The summed E-state index contributed by atoms with van der Waals surface area (Å²) in [7, 11) is 0. The summed E-state index contributed by atoms with van der Waals surface area (Å²) in [5.74, 6) is -2.34. The van der Waals surface area contributed by atoms with Crippen LogP contribution in [0.4, 0.5) is 8.78 Å². The molecular weight excluding hydrogens is 308 g/mol. The van der Waals surface area contributed by atoms with Crippen LogP contribution in [0.3, 0.4) is 0 Å². The van der Waals surface area contributed by atoms with Gasteiger partial charge in [0.1, 0.15) is 17.2 Å². The van der Waals surface area contributed by atoms with Gasteiger partial charge in [-0.15, -0.1) is 0 Å². The molecule has 0 aliphatic heterocycles. The molecule has 0 bridgehead atoms. The highest BCUT2D eigenvalue weighted by Gasteiger charge is 2.44. The van der Waals surface area contributed by atoms with E-state index in [4.69, 9.17) is 5.11 Å². The van der Waals surface area contributed by atoms with Gasteiger partial charge in [0.15, 0.2) is 0 Å². The second-order valence-electron chi connectivity index (χ2n) is 4.42. The van der Waals surface area contributed by atoms with Crippen LogP contribution in [0.25, 0.3) is 0 Å². The molecule has 1 aromatic rings. The third-order valence-corrected chi connectivity index (χ3v) is 3.97. The maximum atomic E-state index is 13.7. The van der Waals surface area contributed by atoms with Crippen molar-refractivity contribution in [1.29, 1.82) is 0 Å². The average molecular weight is 320 g/mol. The molecule has 0 heterocycles. The van der Waals surface area contributed by atoms with E-state index in [1.54, 1.807) is 0 Å². The molecule has 3 nitrogen and oxygen atoms in total. The van der Waals surface area contributed by atoms with Gasteiger partial charge in [-0.05, 0) is 47.3 Å². The van der Waals surface area contributed by atoms with E-state index in [0.29, 0.717) is 12.8 Å². The number of carboxylic acid groups (broad SMARTS) is 1. The van der Waals surface area contributed by atoms with Crippen molar-refractivity contribution >= 4 is 21.9 Å². The zero-order valence-corrected chi connectivity index (χ0v) is 11.1. The monoisotopic (exact) mass is 319 g/mol. The fraction of sp³-hybridized carbons (Fsp3) is 0.417. The second-order valence-corrected chi connectivity index (χ2v) is 5.27. The molecule has 2 N–H and O–H groups in total. The second kappa shape index (κ2) is 4.93. The summed E-state index contributed by atoms with van der Waals surface area (Å²) >= 11 is 2.97. The summed E-state index contributed by atoms with van der Waals surface area (Å²) in [6, 6.07) is 2.43. The highest BCUT2D eigenvalue weighted by atomic mass is 79.9. The Morgan fingerprint density at radius 3 is 2.61 bits per heavy atom. The average Bonchev–Trinajstić information content (AvgIpc) is 2.26. The van der Waals surface area contributed by atoms with E-state index in [1.807, 2.05) is 0 Å². The third-order valence-electron chi connectivity index (χ3n) is 3.36. The molecule has 18 heavy (non-hydrogen) atoms. The number of rotatable bonds is 4. The number of benzene rings is 1. The van der Waals surface area contributed by atoms with Gasteiger partial charge < -0.3 is 5.11 Å². The lowest BCUT2D eigenvalue weighted by molar-refractivity contribution is -0.148. The van der Waals surface area contributed by atoms with E-state index in [-0.39, 0.29) is 16.6 Å². The SMILES string of the molecule is O=C(O)C1(NCc2c(F)ccc(Br)c2F)CCC1. The number of hydrogen-bond acceptors (Lipinski definition) is 2. The zero-order chi connectivity index (χ0) is 13.3. The largest absolute Gasteiger partial charge is 0.480 e. The van der Waals surface area contributed by atoms with Crippen molar-refractivity contribution in [3.05, 3.63) is 33.8 Å². The summed E-state index contributed by atoms with van der Waals surface area (Å²) < 4.78 is 27.3. The summed E-state index contributed by atoms with van der Waals surface area (Å²) in [5.41, 5.74) is -1.17. The molecule has 6 heteroatoms. The van der Waals surface area contributed by atoms with Crippen LogP contribution >= 0.6 is 15.9 Å². The highest BCUT2D eigenvalue weighted by Crippen LogP contribution is 2.33. The van der Waals surface area contributed by atoms with Crippen LogP contribution in [0.15, 0.2) is 16.6 Å². The van der Waals surface area contributed by atoms with Gasteiger partial charge in [0, 0.05) is 12.1 Å². The van der Waals surface area contributed by atoms with Crippen LogP contribution in [-0.4, -0.2) is 16.6 Å². The van der Waals surface area contributed by atoms with E-state index >= 15 is 0 Å². The molecule has 0 aromatic heterocycles. The van der Waals surface area contributed by atoms with Crippen LogP contribution in [0.2, 0.25) is 0 Å². The van der Waals surface area contributed by atoms with Crippen LogP contribution in [0.1, 0.15) is 24.8 Å². The Kier molecular flexibility index (Phi) is 3.68. The van der Waals surface area contributed by atoms with Crippen molar-refractivity contribution in [3.63, 3.8) is 0 Å².